The average molecular weight is 1020 g/mol. The van der Waals surface area contributed by atoms with E-state index in [0.29, 0.717) is 53.1 Å². The molecule has 4 bridgehead atoms. The third-order valence-corrected chi connectivity index (χ3v) is 13.5. The lowest BCUT2D eigenvalue weighted by molar-refractivity contribution is -0.722. The number of halogens is 5. The van der Waals surface area contributed by atoms with Crippen LogP contribution in [0.15, 0.2) is 66.4 Å². The number of pyridine rings is 2. The molecule has 20 heteroatoms. The van der Waals surface area contributed by atoms with E-state index in [1.807, 2.05) is 27.7 Å². The molecule has 73 heavy (non-hydrogen) atoms. The highest BCUT2D eigenvalue weighted by molar-refractivity contribution is 6.36. The number of benzene rings is 1. The van der Waals surface area contributed by atoms with E-state index in [1.54, 1.807) is 72.6 Å². The van der Waals surface area contributed by atoms with E-state index in [4.69, 9.17) is 9.47 Å². The number of hydrogen-bond acceptors (Lipinski definition) is 10. The first-order chi connectivity index (χ1) is 34.6. The highest BCUT2D eigenvalue weighted by Gasteiger charge is 2.51. The van der Waals surface area contributed by atoms with Gasteiger partial charge >= 0.3 is 12.1 Å². The summed E-state index contributed by atoms with van der Waals surface area (Å²) in [5.41, 5.74) is 1.66. The summed E-state index contributed by atoms with van der Waals surface area (Å²) < 4.78 is 87.9. The van der Waals surface area contributed by atoms with Gasteiger partial charge in [0, 0.05) is 87.8 Å². The maximum absolute atomic E-state index is 14.9. The lowest BCUT2D eigenvalue weighted by Gasteiger charge is -2.31. The van der Waals surface area contributed by atoms with E-state index in [0.717, 1.165) is 17.7 Å². The van der Waals surface area contributed by atoms with E-state index in [9.17, 15) is 45.9 Å². The molecule has 4 aliphatic rings. The summed E-state index contributed by atoms with van der Waals surface area (Å²) in [6.45, 7) is 14.4. The third kappa shape index (κ3) is 12.0. The molecule has 1 fully saturated rings. The smallest absolute Gasteiger partial charge is 0.406 e. The Hall–Kier alpha value is -6.41. The summed E-state index contributed by atoms with van der Waals surface area (Å²) in [7, 11) is 4.96. The van der Waals surface area contributed by atoms with Crippen LogP contribution < -0.4 is 9.88 Å². The van der Waals surface area contributed by atoms with E-state index in [2.05, 4.69) is 22.0 Å². The minimum absolute atomic E-state index is 0.0160. The maximum Gasteiger partial charge on any atom is 0.406 e. The number of rotatable bonds is 11. The summed E-state index contributed by atoms with van der Waals surface area (Å²) in [5, 5.41) is 8.39. The zero-order chi connectivity index (χ0) is 53.7. The number of alkyl halides is 5. The molecule has 0 saturated carbocycles. The first-order valence-corrected chi connectivity index (χ1v) is 24.6. The van der Waals surface area contributed by atoms with Crippen LogP contribution >= 0.6 is 0 Å². The van der Waals surface area contributed by atoms with Crippen molar-refractivity contribution in [1.29, 1.82) is 0 Å². The van der Waals surface area contributed by atoms with Gasteiger partial charge in [0.2, 0.25) is 28.6 Å². The van der Waals surface area contributed by atoms with Gasteiger partial charge in [-0.1, -0.05) is 34.3 Å². The Balaban J connectivity index is 0.000000587. The molecule has 1 N–H and O–H groups in total. The molecule has 4 aromatic rings. The number of fused-ring (bicyclic) bond motifs is 4. The molecular formula is C53H66F5N8O7+. The van der Waals surface area contributed by atoms with Gasteiger partial charge in [0.15, 0.2) is 6.61 Å². The van der Waals surface area contributed by atoms with Gasteiger partial charge in [0.05, 0.1) is 29.1 Å². The number of carbonyl (C=O) groups is 5. The number of aldehydes is 1. The number of hydrogen-bond donors (Lipinski definition) is 1. The van der Waals surface area contributed by atoms with Gasteiger partial charge in [0.1, 0.15) is 30.1 Å². The molecule has 3 aromatic heterocycles. The van der Waals surface area contributed by atoms with Crippen LogP contribution in [0.3, 0.4) is 0 Å². The summed E-state index contributed by atoms with van der Waals surface area (Å²) in [6.07, 6.45) is -3.21. The number of carbonyl (C=O) groups excluding carboxylic acids is 5. The van der Waals surface area contributed by atoms with E-state index >= 15 is 0 Å². The molecule has 3 amide bonds. The van der Waals surface area contributed by atoms with Crippen molar-refractivity contribution in [2.75, 3.05) is 47.4 Å². The number of amides is 3. The fourth-order valence-corrected chi connectivity index (χ4v) is 10.3. The molecule has 1 saturated heterocycles. The van der Waals surface area contributed by atoms with E-state index in [-0.39, 0.29) is 78.2 Å². The van der Waals surface area contributed by atoms with Crippen molar-refractivity contribution < 1.29 is 60.0 Å². The van der Waals surface area contributed by atoms with Crippen LogP contribution in [0.1, 0.15) is 95.7 Å². The van der Waals surface area contributed by atoms with Gasteiger partial charge in [-0.3, -0.25) is 24.3 Å². The SMILES string of the molecule is C=CC(=O)N1CCC(C=O)C1.CC.COC(C)c1ncccc1-c1c2c3c(ccc4[n+]3C(C)(COC(=O)C3=NN(CCC3)C(=O)C(NC(=O)C(C(C)C)N(C)C)Cc3cc-4cc(C(F)F)c3)C2)n1CC(F)(F)F. The first-order valence-electron chi connectivity index (χ1n) is 24.6. The second-order valence-corrected chi connectivity index (χ2v) is 19.3. The topological polar surface area (TPSA) is 160 Å². The van der Waals surface area contributed by atoms with Crippen molar-refractivity contribution in [2.45, 2.75) is 117 Å². The fourth-order valence-electron chi connectivity index (χ4n) is 10.3. The Labute approximate surface area is 422 Å². The lowest BCUT2D eigenvalue weighted by atomic mass is 9.93. The van der Waals surface area contributed by atoms with Crippen LogP contribution in [0.4, 0.5) is 22.0 Å². The summed E-state index contributed by atoms with van der Waals surface area (Å²) >= 11 is 0. The number of ether oxygens (including phenoxy) is 2. The Morgan fingerprint density at radius 1 is 1.10 bits per heavy atom. The average Bonchev–Trinajstić information content (AvgIpc) is 4.05. The fraction of sp³-hybridized carbons (Fsp3) is 0.509. The molecule has 4 aliphatic heterocycles. The second-order valence-electron chi connectivity index (χ2n) is 19.3. The van der Waals surface area contributed by atoms with Crippen molar-refractivity contribution >= 4 is 46.7 Å². The molecule has 7 heterocycles. The number of nitrogens with one attached hydrogen (secondary N) is 1. The monoisotopic (exact) mass is 1020 g/mol. The van der Waals surface area contributed by atoms with Gasteiger partial charge in [0.25, 0.3) is 12.3 Å². The maximum atomic E-state index is 14.9. The molecular weight excluding hydrogens is 956 g/mol. The van der Waals surface area contributed by atoms with Crippen LogP contribution in [0.5, 0.6) is 0 Å². The number of likely N-dealkylation sites (N-methyl/N-ethyl adjacent to an activating group) is 1. The van der Waals surface area contributed by atoms with Crippen LogP contribution in [-0.4, -0.2) is 126 Å². The summed E-state index contributed by atoms with van der Waals surface area (Å²) in [5.74, 6) is -2.05. The highest BCUT2D eigenvalue weighted by Crippen LogP contribution is 2.45. The van der Waals surface area contributed by atoms with Crippen LogP contribution in [0.2, 0.25) is 0 Å². The number of methoxy groups -OCH3 is 1. The minimum atomic E-state index is -4.64. The molecule has 0 spiro atoms. The van der Waals surface area contributed by atoms with Crippen molar-refractivity contribution in [2.24, 2.45) is 16.9 Å². The number of hydrazone groups is 1. The van der Waals surface area contributed by atoms with Crippen molar-refractivity contribution in [3.8, 4) is 22.5 Å². The second kappa shape index (κ2) is 23.2. The standard InChI is InChI=1S/C43H48F5N7O5.C8H11NO2.C2H6/c1-23(2)35(52(5)6)39(56)50-31-18-25-16-26(19-27(17-25)38(44)45)32-12-13-33-37-29(36(53(33)21-43(46,47)48)28-10-8-14-49-34(28)24(3)59-7)20-42(4,55(32)37)22-60-41(58)30-11-9-15-54(51-30)40(31)57;1-2-8(11)9-4-3-7(5-9)6-10;1-2/h8,10,12-14,16-17,19,23-24,31,35,38H,9,11,15,18,20-22H2,1-7H3;2,6-7H,1,3-5H2;1-2H3/p+1. The Morgan fingerprint density at radius 2 is 1.82 bits per heavy atom. The Morgan fingerprint density at radius 3 is 2.44 bits per heavy atom. The van der Waals surface area contributed by atoms with Gasteiger partial charge in [-0.15, -0.1) is 0 Å². The molecule has 15 nitrogen and oxygen atoms in total. The number of aromatic nitrogens is 3. The van der Waals surface area contributed by atoms with Crippen molar-refractivity contribution in [3.05, 3.63) is 83.7 Å². The van der Waals surface area contributed by atoms with Gasteiger partial charge < -0.3 is 29.1 Å². The predicted octanol–water partition coefficient (Wildman–Crippen LogP) is 7.53. The first kappa shape index (κ1) is 55.9. The zero-order valence-corrected chi connectivity index (χ0v) is 42.9. The predicted molar refractivity (Wildman–Crippen MR) is 264 cm³/mol. The van der Waals surface area contributed by atoms with E-state index < -0.39 is 60.7 Å². The largest absolute Gasteiger partial charge is 0.454 e. The molecule has 8 rings (SSSR count). The minimum Gasteiger partial charge on any atom is -0.454 e. The molecule has 1 aromatic carbocycles. The number of cyclic esters (lactones) is 1. The van der Waals surface area contributed by atoms with Crippen LogP contribution in [-0.2, 0) is 58.4 Å². The lowest BCUT2D eigenvalue weighted by Crippen LogP contribution is -2.57. The van der Waals surface area contributed by atoms with Gasteiger partial charge in [-0.2, -0.15) is 22.8 Å². The zero-order valence-electron chi connectivity index (χ0n) is 42.9. The molecule has 5 unspecified atom stereocenters. The Kier molecular flexibility index (Phi) is 17.8. The number of esters is 1. The van der Waals surface area contributed by atoms with Crippen LogP contribution in [0, 0.1) is 11.8 Å². The van der Waals surface area contributed by atoms with E-state index in [1.165, 1.54) is 36.1 Å². The molecule has 394 valence electrons. The summed E-state index contributed by atoms with van der Waals surface area (Å²) in [4.78, 5) is 71.1. The third-order valence-electron chi connectivity index (χ3n) is 13.5. The summed E-state index contributed by atoms with van der Waals surface area (Å²) in [6, 6.07) is 8.80. The molecule has 0 radical (unpaired) electrons. The molecule has 0 aliphatic carbocycles. The van der Waals surface area contributed by atoms with Gasteiger partial charge in [-0.25, -0.2) is 18.6 Å². The van der Waals surface area contributed by atoms with Crippen LogP contribution in [0.25, 0.3) is 33.5 Å². The quantitative estimate of drug-likeness (QED) is 0.0527. The Bertz CT molecular complexity index is 2750. The number of nitrogens with zero attached hydrogens (tertiary/aromatic N) is 7. The normalized spacial score (nSPS) is 20.5. The van der Waals surface area contributed by atoms with Crippen molar-refractivity contribution in [3.63, 3.8) is 0 Å². The highest BCUT2D eigenvalue weighted by atomic mass is 19.4. The number of likely N-dealkylation sites (tertiary alicyclic amines) is 1. The van der Waals surface area contributed by atoms with Crippen molar-refractivity contribution in [1.82, 2.24) is 29.7 Å². The van der Waals surface area contributed by atoms with Gasteiger partial charge in [-0.05, 0) is 87.8 Å². The molecule has 5 atom stereocenters.